The van der Waals surface area contributed by atoms with Gasteiger partial charge < -0.3 is 5.73 Å². The fourth-order valence-electron chi connectivity index (χ4n) is 0.377. The molecule has 0 unspecified atom stereocenters. The van der Waals surface area contributed by atoms with Gasteiger partial charge in [-0.1, -0.05) is 18.7 Å². The monoisotopic (exact) mass is 187 g/mol. The van der Waals surface area contributed by atoms with Gasteiger partial charge in [0, 0.05) is 10.2 Å². The molecule has 0 saturated carbocycles. The highest BCUT2D eigenvalue weighted by Crippen LogP contribution is 2.08. The Morgan fingerprint density at radius 3 is 2.56 bits per heavy atom. The first kappa shape index (κ1) is 8.50. The number of halogens is 1. The summed E-state index contributed by atoms with van der Waals surface area (Å²) in [4.78, 5) is 0. The molecule has 9 heavy (non-hydrogen) atoms. The van der Waals surface area contributed by atoms with Gasteiger partial charge in [-0.25, -0.2) is 0 Å². The van der Waals surface area contributed by atoms with Gasteiger partial charge >= 0.3 is 0 Å². The van der Waals surface area contributed by atoms with E-state index in [0.717, 1.165) is 4.48 Å². The summed E-state index contributed by atoms with van der Waals surface area (Å²) in [6.45, 7) is 5.46. The summed E-state index contributed by atoms with van der Waals surface area (Å²) in [6.07, 6.45) is 5.35. The molecule has 0 aromatic carbocycles. The van der Waals surface area contributed by atoms with E-state index < -0.39 is 0 Å². The smallest absolute Gasteiger partial charge is 0.0454 e. The van der Waals surface area contributed by atoms with Crippen LogP contribution in [0.2, 0.25) is 0 Å². The third-order valence-electron chi connectivity index (χ3n) is 0.801. The van der Waals surface area contributed by atoms with E-state index >= 15 is 0 Å². The van der Waals surface area contributed by atoms with E-state index in [0.29, 0.717) is 5.70 Å². The van der Waals surface area contributed by atoms with Gasteiger partial charge in [-0.05, 0) is 28.9 Å². The van der Waals surface area contributed by atoms with Gasteiger partial charge in [0.15, 0.2) is 0 Å². The molecule has 0 bridgehead atoms. The topological polar surface area (TPSA) is 26.0 Å². The Hall–Kier alpha value is -0.500. The maximum absolute atomic E-state index is 5.51. The maximum atomic E-state index is 5.51. The van der Waals surface area contributed by atoms with Crippen molar-refractivity contribution in [2.75, 3.05) is 0 Å². The van der Waals surface area contributed by atoms with E-state index in [-0.39, 0.29) is 0 Å². The van der Waals surface area contributed by atoms with Crippen molar-refractivity contribution in [3.63, 3.8) is 0 Å². The van der Waals surface area contributed by atoms with Gasteiger partial charge in [0.2, 0.25) is 0 Å². The predicted molar refractivity (Wildman–Crippen MR) is 45.2 cm³/mol. The third-order valence-corrected chi connectivity index (χ3v) is 1.58. The van der Waals surface area contributed by atoms with Crippen LogP contribution in [0.15, 0.2) is 35.0 Å². The van der Waals surface area contributed by atoms with E-state index in [2.05, 4.69) is 22.5 Å². The van der Waals surface area contributed by atoms with Crippen molar-refractivity contribution in [3.8, 4) is 0 Å². The molecule has 0 aliphatic rings. The minimum atomic E-state index is 0.701. The van der Waals surface area contributed by atoms with E-state index in [1.807, 2.05) is 19.1 Å². The van der Waals surface area contributed by atoms with E-state index in [9.17, 15) is 0 Å². The predicted octanol–water partition coefficient (Wildman–Crippen LogP) is 2.31. The highest BCUT2D eigenvalue weighted by Gasteiger charge is 1.86. The highest BCUT2D eigenvalue weighted by molar-refractivity contribution is 9.11. The summed E-state index contributed by atoms with van der Waals surface area (Å²) in [5.41, 5.74) is 6.21. The first-order chi connectivity index (χ1) is 4.22. The Balaban J connectivity index is 4.27. The SMILES string of the molecule is C=C/C(Br)=C(N)\C=C/C. The average Bonchev–Trinajstić information content (AvgIpc) is 1.87. The number of allylic oxidation sites excluding steroid dienone is 4. The van der Waals surface area contributed by atoms with Crippen LogP contribution in [0.4, 0.5) is 0 Å². The molecule has 0 atom stereocenters. The number of nitrogens with two attached hydrogens (primary N) is 1. The molecule has 0 aliphatic heterocycles. The van der Waals surface area contributed by atoms with Crippen molar-refractivity contribution in [2.45, 2.75) is 6.92 Å². The lowest BCUT2D eigenvalue weighted by molar-refractivity contribution is 1.41. The second kappa shape index (κ2) is 4.39. The average molecular weight is 188 g/mol. The molecule has 0 heterocycles. The molecular formula is C7H10BrN. The minimum absolute atomic E-state index is 0.701. The lowest BCUT2D eigenvalue weighted by Gasteiger charge is -1.92. The van der Waals surface area contributed by atoms with Crippen LogP contribution in [0.5, 0.6) is 0 Å². The zero-order valence-electron chi connectivity index (χ0n) is 5.39. The zero-order chi connectivity index (χ0) is 7.28. The Bertz CT molecular complexity index is 156. The van der Waals surface area contributed by atoms with Crippen LogP contribution >= 0.6 is 15.9 Å². The molecular weight excluding hydrogens is 178 g/mol. The molecule has 0 aliphatic carbocycles. The van der Waals surface area contributed by atoms with Crippen molar-refractivity contribution < 1.29 is 0 Å². The molecule has 0 amide bonds. The lowest BCUT2D eigenvalue weighted by atomic mass is 10.4. The Labute approximate surface area is 64.1 Å². The van der Waals surface area contributed by atoms with E-state index in [4.69, 9.17) is 5.73 Å². The van der Waals surface area contributed by atoms with Gasteiger partial charge in [-0.15, -0.1) is 0 Å². The number of hydrogen-bond acceptors (Lipinski definition) is 1. The van der Waals surface area contributed by atoms with E-state index in [1.165, 1.54) is 0 Å². The second-order valence-electron chi connectivity index (χ2n) is 1.51. The van der Waals surface area contributed by atoms with Gasteiger partial charge in [0.05, 0.1) is 0 Å². The number of hydrogen-bond donors (Lipinski definition) is 1. The molecule has 0 rings (SSSR count). The van der Waals surface area contributed by atoms with Crippen LogP contribution in [0.25, 0.3) is 0 Å². The van der Waals surface area contributed by atoms with Crippen LogP contribution in [0, 0.1) is 0 Å². The van der Waals surface area contributed by atoms with Gasteiger partial charge in [0.1, 0.15) is 0 Å². The van der Waals surface area contributed by atoms with Crippen LogP contribution in [0.3, 0.4) is 0 Å². The van der Waals surface area contributed by atoms with Crippen LogP contribution < -0.4 is 5.73 Å². The molecule has 0 fully saturated rings. The van der Waals surface area contributed by atoms with E-state index in [1.54, 1.807) is 6.08 Å². The quantitative estimate of drug-likeness (QED) is 0.661. The molecule has 0 aromatic heterocycles. The molecule has 50 valence electrons. The molecule has 0 spiro atoms. The summed E-state index contributed by atoms with van der Waals surface area (Å²) < 4.78 is 0.834. The summed E-state index contributed by atoms with van der Waals surface area (Å²) >= 11 is 3.23. The normalized spacial score (nSPS) is 13.6. The van der Waals surface area contributed by atoms with Crippen molar-refractivity contribution >= 4 is 15.9 Å². The minimum Gasteiger partial charge on any atom is -0.398 e. The summed E-state index contributed by atoms with van der Waals surface area (Å²) in [7, 11) is 0. The van der Waals surface area contributed by atoms with Crippen LogP contribution in [-0.2, 0) is 0 Å². The molecule has 0 aromatic rings. The maximum Gasteiger partial charge on any atom is 0.0454 e. The van der Waals surface area contributed by atoms with Crippen molar-refractivity contribution in [1.82, 2.24) is 0 Å². The molecule has 0 radical (unpaired) electrons. The van der Waals surface area contributed by atoms with Crippen LogP contribution in [-0.4, -0.2) is 0 Å². The van der Waals surface area contributed by atoms with Gasteiger partial charge in [0.25, 0.3) is 0 Å². The first-order valence-electron chi connectivity index (χ1n) is 2.62. The largest absolute Gasteiger partial charge is 0.398 e. The van der Waals surface area contributed by atoms with Crippen molar-refractivity contribution in [3.05, 3.63) is 35.0 Å². The number of rotatable bonds is 2. The zero-order valence-corrected chi connectivity index (χ0v) is 6.98. The second-order valence-corrected chi connectivity index (χ2v) is 2.36. The highest BCUT2D eigenvalue weighted by atomic mass is 79.9. The molecule has 2 N–H and O–H groups in total. The third kappa shape index (κ3) is 3.14. The molecule has 2 heteroatoms. The lowest BCUT2D eigenvalue weighted by Crippen LogP contribution is -1.93. The fourth-order valence-corrected chi connectivity index (χ4v) is 0.509. The Kier molecular flexibility index (Phi) is 4.14. The summed E-state index contributed by atoms with van der Waals surface area (Å²) in [5, 5.41) is 0. The first-order valence-corrected chi connectivity index (χ1v) is 3.42. The fraction of sp³-hybridized carbons (Fsp3) is 0.143. The van der Waals surface area contributed by atoms with Crippen molar-refractivity contribution in [2.24, 2.45) is 5.73 Å². The molecule has 0 saturated heterocycles. The summed E-state index contributed by atoms with van der Waals surface area (Å²) in [5.74, 6) is 0. The molecule has 1 nitrogen and oxygen atoms in total. The van der Waals surface area contributed by atoms with Crippen molar-refractivity contribution in [1.29, 1.82) is 0 Å². The Morgan fingerprint density at radius 2 is 2.22 bits per heavy atom. The standard InChI is InChI=1S/C7H10BrN/c1-3-5-7(9)6(8)4-2/h3-5H,2,9H2,1H3/b5-3-,7-6-. The van der Waals surface area contributed by atoms with Gasteiger partial charge in [-0.3, -0.25) is 0 Å². The van der Waals surface area contributed by atoms with Crippen LogP contribution in [0.1, 0.15) is 6.92 Å². The Morgan fingerprint density at radius 1 is 1.67 bits per heavy atom. The summed E-state index contributed by atoms with van der Waals surface area (Å²) in [6, 6.07) is 0. The van der Waals surface area contributed by atoms with Gasteiger partial charge in [-0.2, -0.15) is 0 Å².